The first-order valence-electron chi connectivity index (χ1n) is 8.94. The van der Waals surface area contributed by atoms with Crippen LogP contribution in [-0.2, 0) is 11.2 Å². The van der Waals surface area contributed by atoms with E-state index in [0.717, 1.165) is 44.7 Å². The van der Waals surface area contributed by atoms with Crippen molar-refractivity contribution in [1.82, 2.24) is 14.8 Å². The molecule has 1 aromatic rings. The molecule has 2 heterocycles. The molecule has 5 nitrogen and oxygen atoms in total. The fourth-order valence-electron chi connectivity index (χ4n) is 2.82. The van der Waals surface area contributed by atoms with Crippen molar-refractivity contribution in [2.24, 2.45) is 5.41 Å². The van der Waals surface area contributed by atoms with E-state index in [1.807, 2.05) is 23.1 Å². The standard InChI is InChI=1S/C19H31N3O2/c1-19(2,3)17(23)15-21-11-13-22(14-12-21)18(24)9-6-8-16-7-4-5-10-20-16/h4-5,7,10,17,23H,6,8-9,11-15H2,1-3H3. The molecular formula is C19H31N3O2. The van der Waals surface area contributed by atoms with Gasteiger partial charge in [0, 0.05) is 51.0 Å². The van der Waals surface area contributed by atoms with E-state index in [4.69, 9.17) is 0 Å². The summed E-state index contributed by atoms with van der Waals surface area (Å²) in [6.07, 6.45) is 3.74. The van der Waals surface area contributed by atoms with Crippen LogP contribution in [0.2, 0.25) is 0 Å². The minimum absolute atomic E-state index is 0.0988. The van der Waals surface area contributed by atoms with Crippen molar-refractivity contribution in [3.8, 4) is 0 Å². The Hall–Kier alpha value is -1.46. The number of aromatic nitrogens is 1. The average Bonchev–Trinajstić information content (AvgIpc) is 2.55. The number of rotatable bonds is 6. The quantitative estimate of drug-likeness (QED) is 0.864. The Morgan fingerprint density at radius 3 is 2.54 bits per heavy atom. The van der Waals surface area contributed by atoms with E-state index in [0.29, 0.717) is 13.0 Å². The Bertz CT molecular complexity index is 505. The fraction of sp³-hybridized carbons (Fsp3) is 0.684. The molecule has 1 N–H and O–H groups in total. The highest BCUT2D eigenvalue weighted by Crippen LogP contribution is 2.20. The Morgan fingerprint density at radius 2 is 1.96 bits per heavy atom. The van der Waals surface area contributed by atoms with Crippen molar-refractivity contribution in [3.05, 3.63) is 30.1 Å². The molecule has 1 amide bonds. The second-order valence-electron chi connectivity index (χ2n) is 7.74. The van der Waals surface area contributed by atoms with Crippen LogP contribution in [0.4, 0.5) is 0 Å². The second kappa shape index (κ2) is 8.58. The number of amides is 1. The summed E-state index contributed by atoms with van der Waals surface area (Å²) in [5.74, 6) is 0.238. The first-order valence-corrected chi connectivity index (χ1v) is 8.94. The van der Waals surface area contributed by atoms with Crippen LogP contribution in [0, 0.1) is 5.41 Å². The van der Waals surface area contributed by atoms with E-state index >= 15 is 0 Å². The smallest absolute Gasteiger partial charge is 0.222 e. The highest BCUT2D eigenvalue weighted by atomic mass is 16.3. The number of β-amino-alcohol motifs (C(OH)–C–C–N with tert-alkyl or cyclic N) is 1. The number of aliphatic hydroxyl groups is 1. The van der Waals surface area contributed by atoms with Crippen molar-refractivity contribution < 1.29 is 9.90 Å². The van der Waals surface area contributed by atoms with Gasteiger partial charge in [-0.05, 0) is 30.4 Å². The number of aryl methyl sites for hydroxylation is 1. The van der Waals surface area contributed by atoms with Crippen LogP contribution in [0.1, 0.15) is 39.3 Å². The Labute approximate surface area is 145 Å². The number of pyridine rings is 1. The molecule has 0 saturated carbocycles. The van der Waals surface area contributed by atoms with Crippen LogP contribution >= 0.6 is 0 Å². The van der Waals surface area contributed by atoms with Gasteiger partial charge >= 0.3 is 0 Å². The van der Waals surface area contributed by atoms with E-state index < -0.39 is 0 Å². The van der Waals surface area contributed by atoms with Gasteiger partial charge in [-0.15, -0.1) is 0 Å². The molecule has 0 aromatic carbocycles. The van der Waals surface area contributed by atoms with Gasteiger partial charge in [-0.1, -0.05) is 26.8 Å². The summed E-state index contributed by atoms with van der Waals surface area (Å²) in [6, 6.07) is 5.89. The van der Waals surface area contributed by atoms with E-state index in [-0.39, 0.29) is 17.4 Å². The summed E-state index contributed by atoms with van der Waals surface area (Å²) in [4.78, 5) is 20.8. The molecule has 1 aliphatic rings. The van der Waals surface area contributed by atoms with Gasteiger partial charge in [0.05, 0.1) is 6.10 Å². The fourth-order valence-corrected chi connectivity index (χ4v) is 2.82. The molecule has 1 fully saturated rings. The van der Waals surface area contributed by atoms with E-state index in [1.54, 1.807) is 6.20 Å². The van der Waals surface area contributed by atoms with E-state index in [1.165, 1.54) is 0 Å². The van der Waals surface area contributed by atoms with Gasteiger partial charge in [0.1, 0.15) is 0 Å². The number of aliphatic hydroxyl groups excluding tert-OH is 1. The molecule has 1 aromatic heterocycles. The third-order valence-corrected chi connectivity index (χ3v) is 4.71. The first-order chi connectivity index (χ1) is 11.4. The number of carbonyl (C=O) groups excluding carboxylic acids is 1. The normalized spacial score (nSPS) is 17.8. The summed E-state index contributed by atoms with van der Waals surface area (Å²) in [6.45, 7) is 10.1. The molecule has 0 bridgehead atoms. The lowest BCUT2D eigenvalue weighted by Crippen LogP contribution is -2.51. The predicted molar refractivity (Wildman–Crippen MR) is 95.7 cm³/mol. The van der Waals surface area contributed by atoms with E-state index in [9.17, 15) is 9.90 Å². The zero-order valence-electron chi connectivity index (χ0n) is 15.2. The molecular weight excluding hydrogens is 302 g/mol. The molecule has 0 spiro atoms. The van der Waals surface area contributed by atoms with Crippen LogP contribution in [0.3, 0.4) is 0 Å². The highest BCUT2D eigenvalue weighted by Gasteiger charge is 2.27. The minimum Gasteiger partial charge on any atom is -0.391 e. The van der Waals surface area contributed by atoms with Gasteiger partial charge in [0.2, 0.25) is 5.91 Å². The molecule has 0 aliphatic carbocycles. The number of hydrogen-bond acceptors (Lipinski definition) is 4. The Kier molecular flexibility index (Phi) is 6.75. The van der Waals surface area contributed by atoms with Gasteiger partial charge in [-0.25, -0.2) is 0 Å². The van der Waals surface area contributed by atoms with Gasteiger partial charge < -0.3 is 10.0 Å². The van der Waals surface area contributed by atoms with Crippen molar-refractivity contribution in [1.29, 1.82) is 0 Å². The SMILES string of the molecule is CC(C)(C)C(O)CN1CCN(C(=O)CCCc2ccccn2)CC1. The minimum atomic E-state index is -0.335. The van der Waals surface area contributed by atoms with Crippen LogP contribution in [0.25, 0.3) is 0 Å². The van der Waals surface area contributed by atoms with Gasteiger partial charge in [0.25, 0.3) is 0 Å². The average molecular weight is 333 g/mol. The zero-order chi connectivity index (χ0) is 17.6. The van der Waals surface area contributed by atoms with Crippen molar-refractivity contribution >= 4 is 5.91 Å². The molecule has 2 rings (SSSR count). The maximum atomic E-state index is 12.3. The van der Waals surface area contributed by atoms with Crippen molar-refractivity contribution in [2.75, 3.05) is 32.7 Å². The molecule has 5 heteroatoms. The number of hydrogen-bond donors (Lipinski definition) is 1. The molecule has 1 atom stereocenters. The summed E-state index contributed by atoms with van der Waals surface area (Å²) in [7, 11) is 0. The molecule has 134 valence electrons. The van der Waals surface area contributed by atoms with Crippen LogP contribution < -0.4 is 0 Å². The van der Waals surface area contributed by atoms with Crippen molar-refractivity contribution in [3.63, 3.8) is 0 Å². The summed E-state index contributed by atoms with van der Waals surface area (Å²) in [5, 5.41) is 10.2. The van der Waals surface area contributed by atoms with Crippen molar-refractivity contribution in [2.45, 2.75) is 46.1 Å². The molecule has 0 radical (unpaired) electrons. The topological polar surface area (TPSA) is 56.7 Å². The lowest BCUT2D eigenvalue weighted by atomic mass is 9.89. The summed E-state index contributed by atoms with van der Waals surface area (Å²) >= 11 is 0. The largest absolute Gasteiger partial charge is 0.391 e. The maximum Gasteiger partial charge on any atom is 0.222 e. The number of carbonyl (C=O) groups is 1. The molecule has 1 saturated heterocycles. The Balaban J connectivity index is 1.67. The Morgan fingerprint density at radius 1 is 1.25 bits per heavy atom. The lowest BCUT2D eigenvalue weighted by molar-refractivity contribution is -0.133. The molecule has 1 unspecified atom stereocenters. The molecule has 1 aliphatic heterocycles. The van der Waals surface area contributed by atoms with Crippen LogP contribution in [-0.4, -0.2) is 64.6 Å². The van der Waals surface area contributed by atoms with Crippen LogP contribution in [0.15, 0.2) is 24.4 Å². The predicted octanol–water partition coefficient (Wildman–Crippen LogP) is 1.96. The highest BCUT2D eigenvalue weighted by molar-refractivity contribution is 5.76. The van der Waals surface area contributed by atoms with Gasteiger partial charge in [-0.2, -0.15) is 0 Å². The monoisotopic (exact) mass is 333 g/mol. The zero-order valence-corrected chi connectivity index (χ0v) is 15.2. The molecule has 24 heavy (non-hydrogen) atoms. The van der Waals surface area contributed by atoms with Gasteiger partial charge in [0.15, 0.2) is 0 Å². The third-order valence-electron chi connectivity index (χ3n) is 4.71. The maximum absolute atomic E-state index is 12.3. The third kappa shape index (κ3) is 5.87. The van der Waals surface area contributed by atoms with Crippen LogP contribution in [0.5, 0.6) is 0 Å². The number of nitrogens with zero attached hydrogens (tertiary/aromatic N) is 3. The van der Waals surface area contributed by atoms with Gasteiger partial charge in [-0.3, -0.25) is 14.7 Å². The summed E-state index contributed by atoms with van der Waals surface area (Å²) < 4.78 is 0. The second-order valence-corrected chi connectivity index (χ2v) is 7.74. The van der Waals surface area contributed by atoms with E-state index in [2.05, 4.69) is 30.7 Å². The first kappa shape index (κ1) is 18.9. The summed E-state index contributed by atoms with van der Waals surface area (Å²) in [5.41, 5.74) is 0.949. The number of piperazine rings is 1. The lowest BCUT2D eigenvalue weighted by Gasteiger charge is -2.38.